The Bertz CT molecular complexity index is 740. The van der Waals surface area contributed by atoms with Gasteiger partial charge in [0.15, 0.2) is 0 Å². The Hall–Kier alpha value is -2.38. The van der Waals surface area contributed by atoms with Crippen LogP contribution in [0.1, 0.15) is 5.56 Å². The van der Waals surface area contributed by atoms with Crippen molar-refractivity contribution in [2.45, 2.75) is 4.90 Å². The van der Waals surface area contributed by atoms with Gasteiger partial charge < -0.3 is 9.29 Å². The molecule has 0 aliphatic heterocycles. The van der Waals surface area contributed by atoms with E-state index in [0.29, 0.717) is 5.69 Å². The van der Waals surface area contributed by atoms with Gasteiger partial charge in [-0.1, -0.05) is 12.1 Å². The Labute approximate surface area is 122 Å². The molecule has 2 rings (SSSR count). The molecular formula is C14H13N2O4S-. The van der Waals surface area contributed by atoms with Crippen molar-refractivity contribution in [3.05, 3.63) is 54.1 Å². The maximum atomic E-state index is 10.8. The van der Waals surface area contributed by atoms with E-state index < -0.39 is 10.1 Å². The van der Waals surface area contributed by atoms with Crippen LogP contribution in [-0.4, -0.2) is 26.3 Å². The van der Waals surface area contributed by atoms with Crippen molar-refractivity contribution in [1.29, 1.82) is 0 Å². The van der Waals surface area contributed by atoms with Crippen LogP contribution in [0, 0.1) is 0 Å². The van der Waals surface area contributed by atoms with Gasteiger partial charge >= 0.3 is 0 Å². The minimum Gasteiger partial charge on any atom is -0.744 e. The Morgan fingerprint density at radius 3 is 2.52 bits per heavy atom. The van der Waals surface area contributed by atoms with E-state index in [0.717, 1.165) is 11.3 Å². The minimum absolute atomic E-state index is 0.273. The van der Waals surface area contributed by atoms with Crippen LogP contribution in [0.4, 0.5) is 5.69 Å². The molecule has 0 aliphatic carbocycles. The number of ether oxygens (including phenoxy) is 1. The highest BCUT2D eigenvalue weighted by molar-refractivity contribution is 7.85. The lowest BCUT2D eigenvalue weighted by Gasteiger charge is -2.07. The second-order valence-electron chi connectivity index (χ2n) is 4.13. The van der Waals surface area contributed by atoms with Crippen molar-refractivity contribution in [2.24, 2.45) is 5.10 Å². The van der Waals surface area contributed by atoms with Gasteiger partial charge in [-0.25, -0.2) is 8.42 Å². The van der Waals surface area contributed by atoms with Gasteiger partial charge in [-0.2, -0.15) is 5.10 Å². The standard InChI is InChI=1S/C14H14N2O4S/c1-20-13-4-2-3-11(9-13)10-15-16-12-5-7-14(8-6-12)21(17,18)19/h2-10,16H,1H3,(H,17,18,19)/p-1/b15-10-. The van der Waals surface area contributed by atoms with Crippen LogP contribution < -0.4 is 10.2 Å². The SMILES string of the molecule is COc1cccc(/C=N\Nc2ccc(S(=O)(=O)[O-])cc2)c1. The maximum Gasteiger partial charge on any atom is 0.124 e. The third-order valence-electron chi connectivity index (χ3n) is 2.64. The first-order chi connectivity index (χ1) is 9.99. The molecule has 0 saturated heterocycles. The van der Waals surface area contributed by atoms with Crippen molar-refractivity contribution >= 4 is 22.0 Å². The third kappa shape index (κ3) is 4.30. The van der Waals surface area contributed by atoms with Gasteiger partial charge in [0.2, 0.25) is 0 Å². The molecule has 0 aliphatic rings. The Morgan fingerprint density at radius 2 is 1.90 bits per heavy atom. The van der Waals surface area contributed by atoms with Gasteiger partial charge in [0.25, 0.3) is 0 Å². The predicted octanol–water partition coefficient (Wildman–Crippen LogP) is 2.05. The van der Waals surface area contributed by atoms with Gasteiger partial charge in [-0.15, -0.1) is 0 Å². The summed E-state index contributed by atoms with van der Waals surface area (Å²) < 4.78 is 37.5. The monoisotopic (exact) mass is 305 g/mol. The second-order valence-corrected chi connectivity index (χ2v) is 5.50. The summed E-state index contributed by atoms with van der Waals surface area (Å²) in [6, 6.07) is 12.7. The molecule has 0 heterocycles. The van der Waals surface area contributed by atoms with Crippen LogP contribution in [0.3, 0.4) is 0 Å². The number of benzene rings is 2. The largest absolute Gasteiger partial charge is 0.744 e. The van der Waals surface area contributed by atoms with Gasteiger partial charge in [-0.3, -0.25) is 5.43 Å². The van der Waals surface area contributed by atoms with Crippen molar-refractivity contribution in [1.82, 2.24) is 0 Å². The molecule has 0 fully saturated rings. The van der Waals surface area contributed by atoms with Crippen molar-refractivity contribution < 1.29 is 17.7 Å². The fraction of sp³-hybridized carbons (Fsp3) is 0.0714. The van der Waals surface area contributed by atoms with Crippen LogP contribution in [0.25, 0.3) is 0 Å². The molecule has 2 aromatic carbocycles. The molecule has 0 spiro atoms. The number of nitrogens with zero attached hydrogens (tertiary/aromatic N) is 1. The highest BCUT2D eigenvalue weighted by Gasteiger charge is 2.00. The molecular weight excluding hydrogens is 292 g/mol. The van der Waals surface area contributed by atoms with E-state index >= 15 is 0 Å². The Balaban J connectivity index is 2.04. The average Bonchev–Trinajstić information content (AvgIpc) is 2.47. The normalized spacial score (nSPS) is 11.5. The molecule has 6 nitrogen and oxygen atoms in total. The lowest BCUT2D eigenvalue weighted by Crippen LogP contribution is -1.98. The summed E-state index contributed by atoms with van der Waals surface area (Å²) in [6.45, 7) is 0. The molecule has 21 heavy (non-hydrogen) atoms. The Kier molecular flexibility index (Phi) is 4.56. The third-order valence-corrected chi connectivity index (χ3v) is 3.49. The number of hydrazone groups is 1. The van der Waals surface area contributed by atoms with Crippen molar-refractivity contribution in [3.63, 3.8) is 0 Å². The highest BCUT2D eigenvalue weighted by atomic mass is 32.2. The van der Waals surface area contributed by atoms with Gasteiger partial charge in [0.1, 0.15) is 15.9 Å². The summed E-state index contributed by atoms with van der Waals surface area (Å²) in [4.78, 5) is -0.273. The summed E-state index contributed by atoms with van der Waals surface area (Å²) >= 11 is 0. The maximum absolute atomic E-state index is 10.8. The van der Waals surface area contributed by atoms with E-state index in [1.807, 2.05) is 24.3 Å². The molecule has 0 unspecified atom stereocenters. The first kappa shape index (κ1) is 15.0. The summed E-state index contributed by atoms with van der Waals surface area (Å²) in [6.07, 6.45) is 1.60. The lowest BCUT2D eigenvalue weighted by molar-refractivity contribution is 0.414. The molecule has 7 heteroatoms. The van der Waals surface area contributed by atoms with Crippen LogP contribution >= 0.6 is 0 Å². The zero-order valence-corrected chi connectivity index (χ0v) is 12.0. The molecule has 0 radical (unpaired) electrons. The van der Waals surface area contributed by atoms with E-state index in [2.05, 4.69) is 10.5 Å². The number of hydrogen-bond acceptors (Lipinski definition) is 6. The van der Waals surface area contributed by atoms with E-state index in [-0.39, 0.29) is 4.90 Å². The summed E-state index contributed by atoms with van der Waals surface area (Å²) in [7, 11) is -2.84. The number of rotatable bonds is 5. The fourth-order valence-corrected chi connectivity index (χ4v) is 2.07. The number of anilines is 1. The van der Waals surface area contributed by atoms with Crippen molar-refractivity contribution in [3.8, 4) is 5.75 Å². The van der Waals surface area contributed by atoms with Gasteiger partial charge in [0, 0.05) is 0 Å². The molecule has 0 aromatic heterocycles. The molecule has 110 valence electrons. The fourth-order valence-electron chi connectivity index (χ4n) is 1.60. The van der Waals surface area contributed by atoms with Gasteiger partial charge in [0.05, 0.1) is 23.9 Å². The number of hydrogen-bond donors (Lipinski definition) is 1. The average molecular weight is 305 g/mol. The lowest BCUT2D eigenvalue weighted by atomic mass is 10.2. The van der Waals surface area contributed by atoms with Crippen LogP contribution in [0.2, 0.25) is 0 Å². The van der Waals surface area contributed by atoms with E-state index in [4.69, 9.17) is 4.74 Å². The minimum atomic E-state index is -4.42. The topological polar surface area (TPSA) is 90.8 Å². The van der Waals surface area contributed by atoms with Crippen LogP contribution in [0.5, 0.6) is 5.75 Å². The van der Waals surface area contributed by atoms with E-state index in [9.17, 15) is 13.0 Å². The van der Waals surface area contributed by atoms with E-state index in [1.54, 1.807) is 13.3 Å². The quantitative estimate of drug-likeness (QED) is 0.518. The second kappa shape index (κ2) is 6.38. The highest BCUT2D eigenvalue weighted by Crippen LogP contribution is 2.14. The first-order valence-corrected chi connectivity index (χ1v) is 7.39. The predicted molar refractivity (Wildman–Crippen MR) is 78.6 cm³/mol. The first-order valence-electron chi connectivity index (χ1n) is 5.98. The number of nitrogens with one attached hydrogen (secondary N) is 1. The number of methoxy groups -OCH3 is 1. The summed E-state index contributed by atoms with van der Waals surface area (Å²) in [5.41, 5.74) is 4.16. The van der Waals surface area contributed by atoms with Crippen LogP contribution in [0.15, 0.2) is 58.5 Å². The molecule has 0 amide bonds. The van der Waals surface area contributed by atoms with Crippen molar-refractivity contribution in [2.75, 3.05) is 12.5 Å². The summed E-state index contributed by atoms with van der Waals surface area (Å²) in [5, 5.41) is 4.02. The van der Waals surface area contributed by atoms with Crippen LogP contribution in [-0.2, 0) is 10.1 Å². The molecule has 1 N–H and O–H groups in total. The summed E-state index contributed by atoms with van der Waals surface area (Å²) in [5.74, 6) is 0.726. The zero-order valence-electron chi connectivity index (χ0n) is 11.2. The molecule has 0 saturated carbocycles. The molecule has 0 atom stereocenters. The molecule has 0 bridgehead atoms. The zero-order chi connectivity index (χ0) is 15.3. The molecule has 2 aromatic rings. The van der Waals surface area contributed by atoms with Gasteiger partial charge in [-0.05, 0) is 42.0 Å². The van der Waals surface area contributed by atoms with E-state index in [1.165, 1.54) is 24.3 Å². The Morgan fingerprint density at radius 1 is 1.19 bits per heavy atom. The smallest absolute Gasteiger partial charge is 0.124 e.